The van der Waals surface area contributed by atoms with Crippen molar-refractivity contribution in [2.24, 2.45) is 11.3 Å². The zero-order valence-corrected chi connectivity index (χ0v) is 16.0. The maximum atomic E-state index is 13.1. The number of aliphatic hydroxyl groups is 1. The van der Waals surface area contributed by atoms with Gasteiger partial charge in [0.25, 0.3) is 0 Å². The second kappa shape index (κ2) is 6.65. The first-order chi connectivity index (χ1) is 13.1. The third-order valence-corrected chi connectivity index (χ3v) is 6.85. The number of alkyl halides is 3. The fourth-order valence-electron chi connectivity index (χ4n) is 4.70. The quantitative estimate of drug-likeness (QED) is 0.816. The molecule has 0 bridgehead atoms. The van der Waals surface area contributed by atoms with Crippen LogP contribution in [0.15, 0.2) is 24.3 Å². The normalized spacial score (nSPS) is 32.0. The summed E-state index contributed by atoms with van der Waals surface area (Å²) in [7, 11) is 0. The summed E-state index contributed by atoms with van der Waals surface area (Å²) in [6.45, 7) is 1.56. The van der Waals surface area contributed by atoms with E-state index in [2.05, 4.69) is 0 Å². The Labute approximate surface area is 162 Å². The average molecular weight is 397 g/mol. The highest BCUT2D eigenvalue weighted by Gasteiger charge is 2.54. The first-order valence-electron chi connectivity index (χ1n) is 10.0. The van der Waals surface area contributed by atoms with Crippen LogP contribution >= 0.6 is 0 Å². The molecule has 1 unspecified atom stereocenters. The van der Waals surface area contributed by atoms with E-state index in [1.165, 1.54) is 12.1 Å². The van der Waals surface area contributed by atoms with Gasteiger partial charge in [0.15, 0.2) is 6.10 Å². The zero-order valence-electron chi connectivity index (χ0n) is 16.0. The molecule has 1 aliphatic heterocycles. The molecule has 1 aromatic carbocycles. The number of carbonyl (C=O) groups excluding carboxylic acids is 1. The molecule has 28 heavy (non-hydrogen) atoms. The van der Waals surface area contributed by atoms with Crippen molar-refractivity contribution in [1.29, 1.82) is 0 Å². The van der Waals surface area contributed by atoms with Crippen molar-refractivity contribution in [3.05, 3.63) is 24.3 Å². The summed E-state index contributed by atoms with van der Waals surface area (Å²) in [6, 6.07) is 6.22. The Balaban J connectivity index is 1.41. The summed E-state index contributed by atoms with van der Waals surface area (Å²) in [5, 5.41) is 10.8. The minimum atomic E-state index is -4.42. The highest BCUT2D eigenvalue weighted by atomic mass is 19.4. The van der Waals surface area contributed by atoms with Gasteiger partial charge >= 0.3 is 6.18 Å². The molecule has 1 saturated heterocycles. The van der Waals surface area contributed by atoms with E-state index in [4.69, 9.17) is 4.74 Å². The van der Waals surface area contributed by atoms with Crippen LogP contribution in [0.5, 0.6) is 5.75 Å². The number of nitrogens with zero attached hydrogens (tertiary/aromatic N) is 1. The smallest absolute Gasteiger partial charge is 0.425 e. The second-order valence-corrected chi connectivity index (χ2v) is 8.66. The summed E-state index contributed by atoms with van der Waals surface area (Å²) in [5.41, 5.74) is -0.314. The molecule has 4 rings (SSSR count). The fourth-order valence-corrected chi connectivity index (χ4v) is 4.70. The van der Waals surface area contributed by atoms with Crippen molar-refractivity contribution in [2.45, 2.75) is 69.8 Å². The molecular weight excluding hydrogens is 371 g/mol. The molecule has 1 aromatic rings. The van der Waals surface area contributed by atoms with Crippen LogP contribution in [-0.2, 0) is 4.79 Å². The van der Waals surface area contributed by atoms with Gasteiger partial charge in [0.1, 0.15) is 5.75 Å². The van der Waals surface area contributed by atoms with Gasteiger partial charge in [-0.05, 0) is 82.1 Å². The summed E-state index contributed by atoms with van der Waals surface area (Å²) in [6.07, 6.45) is -0.592. The summed E-state index contributed by atoms with van der Waals surface area (Å²) in [4.78, 5) is 14.9. The van der Waals surface area contributed by atoms with Crippen LogP contribution in [0.4, 0.5) is 18.9 Å². The van der Waals surface area contributed by atoms with E-state index in [0.717, 1.165) is 26.2 Å². The van der Waals surface area contributed by atoms with Crippen LogP contribution in [0, 0.1) is 11.3 Å². The average Bonchev–Trinajstić information content (AvgIpc) is 3.45. The van der Waals surface area contributed by atoms with E-state index in [1.807, 2.05) is 0 Å². The predicted octanol–water partition coefficient (Wildman–Crippen LogP) is 4.45. The maximum Gasteiger partial charge on any atom is 0.425 e. The Morgan fingerprint density at radius 2 is 1.71 bits per heavy atom. The molecule has 3 fully saturated rings. The van der Waals surface area contributed by atoms with Crippen LogP contribution < -0.4 is 9.64 Å². The third-order valence-electron chi connectivity index (χ3n) is 6.85. The molecule has 2 saturated carbocycles. The number of benzene rings is 1. The van der Waals surface area contributed by atoms with Crippen LogP contribution in [-0.4, -0.2) is 35.4 Å². The standard InChI is InChI=1S/C21H26F3NO3/c1-14(21(22,23)24)28-17-6-4-16(5-7-17)25-13-12-19(18(25)26)8-10-20(27,11-9-19)15-2-3-15/h4-7,14-15,27H,2-3,8-13H2,1H3/t14?,19-,20+. The molecule has 2 aliphatic carbocycles. The van der Waals surface area contributed by atoms with Gasteiger partial charge in [0.2, 0.25) is 5.91 Å². The van der Waals surface area contributed by atoms with Gasteiger partial charge in [0.05, 0.1) is 11.0 Å². The van der Waals surface area contributed by atoms with Crippen LogP contribution in [0.25, 0.3) is 0 Å². The van der Waals surface area contributed by atoms with Crippen molar-refractivity contribution in [1.82, 2.24) is 0 Å². The zero-order chi connectivity index (χ0) is 20.2. The van der Waals surface area contributed by atoms with E-state index in [9.17, 15) is 23.1 Å². The Hall–Kier alpha value is -1.76. The molecule has 154 valence electrons. The van der Waals surface area contributed by atoms with Gasteiger partial charge in [-0.25, -0.2) is 0 Å². The molecule has 0 radical (unpaired) electrons. The number of halogens is 3. The van der Waals surface area contributed by atoms with E-state index >= 15 is 0 Å². The van der Waals surface area contributed by atoms with Gasteiger partial charge in [0, 0.05) is 12.2 Å². The summed E-state index contributed by atoms with van der Waals surface area (Å²) < 4.78 is 42.8. The molecule has 0 aromatic heterocycles. The van der Waals surface area contributed by atoms with Crippen LogP contribution in [0.3, 0.4) is 0 Å². The van der Waals surface area contributed by atoms with Crippen molar-refractivity contribution < 1.29 is 27.8 Å². The Morgan fingerprint density at radius 1 is 1.11 bits per heavy atom. The molecule has 4 nitrogen and oxygen atoms in total. The molecular formula is C21H26F3NO3. The van der Waals surface area contributed by atoms with E-state index < -0.39 is 23.3 Å². The minimum absolute atomic E-state index is 0.0719. The van der Waals surface area contributed by atoms with E-state index in [-0.39, 0.29) is 11.7 Å². The van der Waals surface area contributed by atoms with Crippen molar-refractivity contribution in [3.8, 4) is 5.75 Å². The number of anilines is 1. The van der Waals surface area contributed by atoms with Gasteiger partial charge < -0.3 is 14.7 Å². The molecule has 1 spiro atoms. The van der Waals surface area contributed by atoms with Gasteiger partial charge in [-0.3, -0.25) is 4.79 Å². The second-order valence-electron chi connectivity index (χ2n) is 8.66. The number of hydrogen-bond acceptors (Lipinski definition) is 3. The molecule has 3 aliphatic rings. The van der Waals surface area contributed by atoms with Crippen molar-refractivity contribution >= 4 is 11.6 Å². The third kappa shape index (κ3) is 3.49. The largest absolute Gasteiger partial charge is 0.481 e. The minimum Gasteiger partial charge on any atom is -0.481 e. The van der Waals surface area contributed by atoms with E-state index in [1.54, 1.807) is 17.0 Å². The highest BCUT2D eigenvalue weighted by molar-refractivity contribution is 6.00. The monoisotopic (exact) mass is 397 g/mol. The summed E-state index contributed by atoms with van der Waals surface area (Å²) >= 11 is 0. The maximum absolute atomic E-state index is 13.1. The lowest BCUT2D eigenvalue weighted by Crippen LogP contribution is -2.44. The lowest BCUT2D eigenvalue weighted by atomic mass is 9.66. The Morgan fingerprint density at radius 3 is 2.25 bits per heavy atom. The first-order valence-corrected chi connectivity index (χ1v) is 10.0. The lowest BCUT2D eigenvalue weighted by Gasteiger charge is -2.41. The molecule has 1 heterocycles. The van der Waals surface area contributed by atoms with Crippen LogP contribution in [0.1, 0.15) is 51.9 Å². The predicted molar refractivity (Wildman–Crippen MR) is 98.1 cm³/mol. The highest BCUT2D eigenvalue weighted by Crippen LogP contribution is 2.54. The van der Waals surface area contributed by atoms with Crippen molar-refractivity contribution in [3.63, 3.8) is 0 Å². The fraction of sp³-hybridized carbons (Fsp3) is 0.667. The lowest BCUT2D eigenvalue weighted by molar-refractivity contribution is -0.189. The molecule has 1 atom stereocenters. The van der Waals surface area contributed by atoms with Gasteiger partial charge in [-0.2, -0.15) is 13.2 Å². The van der Waals surface area contributed by atoms with E-state index in [0.29, 0.717) is 43.8 Å². The Kier molecular flexibility index (Phi) is 4.64. The molecule has 1 amide bonds. The molecule has 1 N–H and O–H groups in total. The topological polar surface area (TPSA) is 49.8 Å². The number of rotatable bonds is 4. The Bertz CT molecular complexity index is 734. The number of ether oxygens (including phenoxy) is 1. The summed E-state index contributed by atoms with van der Waals surface area (Å²) in [5.74, 6) is 0.605. The molecule has 7 heteroatoms. The number of carbonyl (C=O) groups is 1. The van der Waals surface area contributed by atoms with Gasteiger partial charge in [-0.15, -0.1) is 0 Å². The SMILES string of the molecule is CC(Oc1ccc(N2CC[C@]3(CC[C@@](O)(C4CC4)CC3)C2=O)cc1)C(F)(F)F. The number of amides is 1. The van der Waals surface area contributed by atoms with Crippen molar-refractivity contribution in [2.75, 3.05) is 11.4 Å². The van der Waals surface area contributed by atoms with Gasteiger partial charge in [-0.1, -0.05) is 0 Å². The first kappa shape index (κ1) is 19.6. The van der Waals surface area contributed by atoms with Crippen LogP contribution in [0.2, 0.25) is 0 Å². The number of hydrogen-bond donors (Lipinski definition) is 1.